The molecule has 0 unspecified atom stereocenters. The number of hydrogen-bond acceptors (Lipinski definition) is 5. The predicted molar refractivity (Wildman–Crippen MR) is 60.4 cm³/mol. The third-order valence-corrected chi connectivity index (χ3v) is 2.18. The normalized spacial score (nSPS) is 10.2. The van der Waals surface area contributed by atoms with Crippen molar-refractivity contribution in [2.75, 3.05) is 7.05 Å². The number of rotatable bonds is 3. The maximum Gasteiger partial charge on any atom is 0.271 e. The largest absolute Gasteiger partial charge is 0.354 e. The molecule has 0 aliphatic rings. The van der Waals surface area contributed by atoms with Crippen molar-refractivity contribution in [3.63, 3.8) is 0 Å². The summed E-state index contributed by atoms with van der Waals surface area (Å²) in [5.41, 5.74) is 6.45. The summed E-state index contributed by atoms with van der Waals surface area (Å²) in [6.45, 7) is 0.343. The van der Waals surface area contributed by atoms with Gasteiger partial charge in [0.15, 0.2) is 11.5 Å². The van der Waals surface area contributed by atoms with Crippen molar-refractivity contribution >= 4 is 5.91 Å². The van der Waals surface area contributed by atoms with E-state index in [1.165, 1.54) is 4.68 Å². The molecule has 0 atom stereocenters. The Kier molecular flexibility index (Phi) is 3.10. The van der Waals surface area contributed by atoms with E-state index in [9.17, 15) is 4.79 Å². The summed E-state index contributed by atoms with van der Waals surface area (Å²) in [6.07, 6.45) is 4.79. The Morgan fingerprint density at radius 1 is 1.47 bits per heavy atom. The van der Waals surface area contributed by atoms with Crippen LogP contribution in [0.5, 0.6) is 0 Å². The number of carbonyl (C=O) groups is 1. The van der Waals surface area contributed by atoms with Gasteiger partial charge in [-0.2, -0.15) is 5.10 Å². The Balaban J connectivity index is 2.27. The topological polar surface area (TPSA) is 98.7 Å². The molecule has 0 saturated carbocycles. The van der Waals surface area contributed by atoms with Gasteiger partial charge in [-0.15, -0.1) is 0 Å². The molecular weight excluding hydrogens is 220 g/mol. The van der Waals surface area contributed by atoms with Crippen LogP contribution in [0.2, 0.25) is 0 Å². The van der Waals surface area contributed by atoms with Crippen molar-refractivity contribution in [3.05, 3.63) is 36.0 Å². The molecule has 0 radical (unpaired) electrons. The Morgan fingerprint density at radius 2 is 2.29 bits per heavy atom. The van der Waals surface area contributed by atoms with Crippen molar-refractivity contribution in [2.45, 2.75) is 6.54 Å². The quantitative estimate of drug-likeness (QED) is 0.742. The fraction of sp³-hybridized carbons (Fsp3) is 0.200. The average Bonchev–Trinajstić information content (AvgIpc) is 2.87. The third-order valence-electron chi connectivity index (χ3n) is 2.18. The fourth-order valence-corrected chi connectivity index (χ4v) is 1.27. The molecule has 2 aromatic heterocycles. The first-order valence-corrected chi connectivity index (χ1v) is 5.03. The fourth-order valence-electron chi connectivity index (χ4n) is 1.27. The lowest BCUT2D eigenvalue weighted by Crippen LogP contribution is -2.18. The summed E-state index contributed by atoms with van der Waals surface area (Å²) in [4.78, 5) is 19.6. The van der Waals surface area contributed by atoms with Gasteiger partial charge in [0.05, 0.1) is 18.1 Å². The Morgan fingerprint density at radius 3 is 2.88 bits per heavy atom. The van der Waals surface area contributed by atoms with Gasteiger partial charge in [0, 0.05) is 19.8 Å². The molecule has 7 heteroatoms. The summed E-state index contributed by atoms with van der Waals surface area (Å²) in [5, 5.41) is 6.57. The van der Waals surface area contributed by atoms with Crippen LogP contribution in [0.4, 0.5) is 0 Å². The van der Waals surface area contributed by atoms with Gasteiger partial charge in [-0.05, 0) is 6.07 Å². The van der Waals surface area contributed by atoms with E-state index in [1.807, 2.05) is 0 Å². The highest BCUT2D eigenvalue weighted by molar-refractivity contribution is 5.91. The first kappa shape index (κ1) is 11.2. The lowest BCUT2D eigenvalue weighted by atomic mass is 10.4. The standard InChI is InChI=1S/C10H12N6O/c1-12-10(17)8-2-3-16(15-8)9-6-13-7(4-11)5-14-9/h2-3,5-6H,4,11H2,1H3,(H,12,17). The van der Waals surface area contributed by atoms with Gasteiger partial charge in [0.1, 0.15) is 0 Å². The Hall–Kier alpha value is -2.28. The highest BCUT2D eigenvalue weighted by atomic mass is 16.1. The number of aromatic nitrogens is 4. The van der Waals surface area contributed by atoms with Gasteiger partial charge in [-0.3, -0.25) is 9.78 Å². The summed E-state index contributed by atoms with van der Waals surface area (Å²) >= 11 is 0. The lowest BCUT2D eigenvalue weighted by molar-refractivity contribution is 0.0957. The van der Waals surface area contributed by atoms with E-state index in [1.54, 1.807) is 31.7 Å². The minimum atomic E-state index is -0.240. The second-order valence-electron chi connectivity index (χ2n) is 3.29. The second kappa shape index (κ2) is 4.71. The van der Waals surface area contributed by atoms with E-state index < -0.39 is 0 Å². The van der Waals surface area contributed by atoms with E-state index in [-0.39, 0.29) is 5.91 Å². The minimum absolute atomic E-state index is 0.240. The molecule has 0 saturated heterocycles. The second-order valence-corrected chi connectivity index (χ2v) is 3.29. The number of nitrogens with one attached hydrogen (secondary N) is 1. The van der Waals surface area contributed by atoms with E-state index >= 15 is 0 Å². The van der Waals surface area contributed by atoms with Gasteiger partial charge in [0.25, 0.3) is 5.91 Å². The molecule has 3 N–H and O–H groups in total. The summed E-state index contributed by atoms with van der Waals surface area (Å²) < 4.78 is 1.48. The van der Waals surface area contributed by atoms with Crippen molar-refractivity contribution in [3.8, 4) is 5.82 Å². The smallest absolute Gasteiger partial charge is 0.271 e. The third kappa shape index (κ3) is 2.28. The van der Waals surface area contributed by atoms with Gasteiger partial charge in [-0.1, -0.05) is 0 Å². The van der Waals surface area contributed by atoms with E-state index in [0.29, 0.717) is 23.8 Å². The van der Waals surface area contributed by atoms with Crippen LogP contribution in [0.25, 0.3) is 5.82 Å². The van der Waals surface area contributed by atoms with E-state index in [0.717, 1.165) is 0 Å². The van der Waals surface area contributed by atoms with Crippen LogP contribution in [0.3, 0.4) is 0 Å². The van der Waals surface area contributed by atoms with Crippen LogP contribution in [-0.2, 0) is 6.54 Å². The molecule has 2 rings (SSSR count). The van der Waals surface area contributed by atoms with Gasteiger partial charge in [0.2, 0.25) is 0 Å². The molecule has 0 bridgehead atoms. The van der Waals surface area contributed by atoms with Crippen molar-refractivity contribution in [1.82, 2.24) is 25.1 Å². The molecule has 2 heterocycles. The monoisotopic (exact) mass is 232 g/mol. The van der Waals surface area contributed by atoms with Crippen molar-refractivity contribution in [1.29, 1.82) is 0 Å². The molecule has 1 amide bonds. The lowest BCUT2D eigenvalue weighted by Gasteiger charge is -2.00. The number of amides is 1. The first-order chi connectivity index (χ1) is 8.24. The van der Waals surface area contributed by atoms with Crippen LogP contribution in [-0.4, -0.2) is 32.7 Å². The maximum atomic E-state index is 11.3. The van der Waals surface area contributed by atoms with Crippen LogP contribution in [0.15, 0.2) is 24.7 Å². The SMILES string of the molecule is CNC(=O)c1ccn(-c2cnc(CN)cn2)n1. The predicted octanol–water partition coefficient (Wildman–Crippen LogP) is -0.519. The average molecular weight is 232 g/mol. The van der Waals surface area contributed by atoms with Gasteiger partial charge < -0.3 is 11.1 Å². The molecule has 0 fully saturated rings. The molecule has 0 aliphatic heterocycles. The van der Waals surface area contributed by atoms with E-state index in [4.69, 9.17) is 5.73 Å². The number of carbonyl (C=O) groups excluding carboxylic acids is 1. The van der Waals surface area contributed by atoms with Crippen LogP contribution in [0, 0.1) is 0 Å². The summed E-state index contributed by atoms with van der Waals surface area (Å²) in [7, 11) is 1.55. The zero-order chi connectivity index (χ0) is 12.3. The highest BCUT2D eigenvalue weighted by Gasteiger charge is 2.08. The van der Waals surface area contributed by atoms with Gasteiger partial charge in [-0.25, -0.2) is 9.67 Å². The van der Waals surface area contributed by atoms with E-state index in [2.05, 4.69) is 20.4 Å². The van der Waals surface area contributed by atoms with Crippen molar-refractivity contribution in [2.24, 2.45) is 5.73 Å². The molecule has 7 nitrogen and oxygen atoms in total. The highest BCUT2D eigenvalue weighted by Crippen LogP contribution is 2.03. The van der Waals surface area contributed by atoms with Crippen LogP contribution < -0.4 is 11.1 Å². The zero-order valence-electron chi connectivity index (χ0n) is 9.29. The number of nitrogens with two attached hydrogens (primary N) is 1. The molecular formula is C10H12N6O. The summed E-state index contributed by atoms with van der Waals surface area (Å²) in [6, 6.07) is 1.61. The Bertz CT molecular complexity index is 518. The molecule has 17 heavy (non-hydrogen) atoms. The number of hydrogen-bond donors (Lipinski definition) is 2. The maximum absolute atomic E-state index is 11.3. The molecule has 0 spiro atoms. The number of nitrogens with zero attached hydrogens (tertiary/aromatic N) is 4. The summed E-state index contributed by atoms with van der Waals surface area (Å²) in [5.74, 6) is 0.299. The van der Waals surface area contributed by atoms with Crippen LogP contribution >= 0.6 is 0 Å². The van der Waals surface area contributed by atoms with Crippen LogP contribution in [0.1, 0.15) is 16.2 Å². The molecule has 2 aromatic rings. The molecule has 88 valence electrons. The molecule has 0 aliphatic carbocycles. The molecule has 0 aromatic carbocycles. The van der Waals surface area contributed by atoms with Gasteiger partial charge >= 0.3 is 0 Å². The Labute approximate surface area is 97.7 Å². The van der Waals surface area contributed by atoms with Crippen molar-refractivity contribution < 1.29 is 4.79 Å². The first-order valence-electron chi connectivity index (χ1n) is 5.03. The zero-order valence-corrected chi connectivity index (χ0v) is 9.29. The minimum Gasteiger partial charge on any atom is -0.354 e.